The van der Waals surface area contributed by atoms with Gasteiger partial charge in [0.1, 0.15) is 5.75 Å². The number of hydrogen-bond donors (Lipinski definition) is 0. The van der Waals surface area contributed by atoms with Crippen molar-refractivity contribution in [3.05, 3.63) is 71.3 Å². The molecule has 2 aromatic rings. The first-order valence-electron chi connectivity index (χ1n) is 9.53. The van der Waals surface area contributed by atoms with Crippen LogP contribution in [0, 0.1) is 13.8 Å². The molecule has 1 heterocycles. The monoisotopic (exact) mass is 364 g/mol. The van der Waals surface area contributed by atoms with Gasteiger partial charge in [-0.15, -0.1) is 0 Å². The van der Waals surface area contributed by atoms with Gasteiger partial charge in [-0.3, -0.25) is 9.69 Å². The van der Waals surface area contributed by atoms with E-state index in [9.17, 15) is 4.79 Å². The molecule has 0 aliphatic carbocycles. The van der Waals surface area contributed by atoms with Crippen LogP contribution in [0.1, 0.15) is 16.7 Å². The Balaban J connectivity index is 1.40. The van der Waals surface area contributed by atoms with Crippen LogP contribution in [0.5, 0.6) is 5.75 Å². The molecule has 0 unspecified atom stereocenters. The molecule has 0 saturated carbocycles. The van der Waals surface area contributed by atoms with Crippen LogP contribution in [-0.4, -0.2) is 55.0 Å². The molecular formula is C23H28N2O2. The zero-order valence-electron chi connectivity index (χ0n) is 16.2. The van der Waals surface area contributed by atoms with Crippen LogP contribution >= 0.6 is 0 Å². The van der Waals surface area contributed by atoms with Crippen molar-refractivity contribution in [3.63, 3.8) is 0 Å². The van der Waals surface area contributed by atoms with Crippen molar-refractivity contribution in [1.29, 1.82) is 0 Å². The Morgan fingerprint density at radius 3 is 2.48 bits per heavy atom. The molecule has 0 N–H and O–H groups in total. The molecule has 0 spiro atoms. The number of hydrogen-bond acceptors (Lipinski definition) is 3. The van der Waals surface area contributed by atoms with Crippen LogP contribution < -0.4 is 4.74 Å². The third-order valence-corrected chi connectivity index (χ3v) is 4.88. The van der Waals surface area contributed by atoms with Gasteiger partial charge in [0.2, 0.25) is 0 Å². The third kappa shape index (κ3) is 5.69. The highest BCUT2D eigenvalue weighted by Gasteiger charge is 2.20. The van der Waals surface area contributed by atoms with Crippen molar-refractivity contribution in [2.24, 2.45) is 0 Å². The maximum atomic E-state index is 12.4. The first kappa shape index (κ1) is 19.2. The van der Waals surface area contributed by atoms with E-state index >= 15 is 0 Å². The van der Waals surface area contributed by atoms with E-state index in [4.69, 9.17) is 4.74 Å². The Hall–Kier alpha value is -2.59. The minimum Gasteiger partial charge on any atom is -0.484 e. The van der Waals surface area contributed by atoms with E-state index < -0.39 is 0 Å². The summed E-state index contributed by atoms with van der Waals surface area (Å²) in [5.41, 5.74) is 3.48. The second kappa shape index (κ2) is 9.38. The van der Waals surface area contributed by atoms with Crippen LogP contribution in [0.3, 0.4) is 0 Å². The molecule has 142 valence electrons. The number of carbonyl (C=O) groups is 1. The standard InChI is InChI=1S/C23H28N2O2/c1-19-10-11-22(20(2)17-19)27-18-23(26)25-15-13-24(14-16-25)12-6-9-21-7-4-3-5-8-21/h3-11,17H,12-16,18H2,1-2H3/b9-6+. The first-order valence-corrected chi connectivity index (χ1v) is 9.53. The smallest absolute Gasteiger partial charge is 0.260 e. The number of carbonyl (C=O) groups excluding carboxylic acids is 1. The number of nitrogens with zero attached hydrogens (tertiary/aromatic N) is 2. The number of aryl methyl sites for hydroxylation is 2. The largest absolute Gasteiger partial charge is 0.484 e. The zero-order valence-corrected chi connectivity index (χ0v) is 16.2. The molecule has 1 aliphatic heterocycles. The van der Waals surface area contributed by atoms with Gasteiger partial charge in [0, 0.05) is 32.7 Å². The summed E-state index contributed by atoms with van der Waals surface area (Å²) in [6.07, 6.45) is 4.34. The van der Waals surface area contributed by atoms with E-state index in [1.165, 1.54) is 11.1 Å². The number of amides is 1. The van der Waals surface area contributed by atoms with Gasteiger partial charge < -0.3 is 9.64 Å². The Bertz CT molecular complexity index is 778. The summed E-state index contributed by atoms with van der Waals surface area (Å²) in [7, 11) is 0. The van der Waals surface area contributed by atoms with Crippen molar-refractivity contribution in [2.45, 2.75) is 13.8 Å². The van der Waals surface area contributed by atoms with Crippen LogP contribution in [0.25, 0.3) is 6.08 Å². The number of piperazine rings is 1. The van der Waals surface area contributed by atoms with Gasteiger partial charge >= 0.3 is 0 Å². The summed E-state index contributed by atoms with van der Waals surface area (Å²) in [5.74, 6) is 0.855. The molecule has 27 heavy (non-hydrogen) atoms. The zero-order chi connectivity index (χ0) is 19.1. The van der Waals surface area contributed by atoms with Crippen molar-refractivity contribution >= 4 is 12.0 Å². The Morgan fingerprint density at radius 1 is 1.04 bits per heavy atom. The lowest BCUT2D eigenvalue weighted by Gasteiger charge is -2.34. The first-order chi connectivity index (χ1) is 13.1. The van der Waals surface area contributed by atoms with Crippen molar-refractivity contribution in [3.8, 4) is 5.75 Å². The van der Waals surface area contributed by atoms with Gasteiger partial charge in [-0.1, -0.05) is 60.2 Å². The summed E-state index contributed by atoms with van der Waals surface area (Å²) in [4.78, 5) is 16.7. The molecule has 0 radical (unpaired) electrons. The number of benzene rings is 2. The summed E-state index contributed by atoms with van der Waals surface area (Å²) in [5, 5.41) is 0. The average Bonchev–Trinajstić information content (AvgIpc) is 2.68. The van der Waals surface area contributed by atoms with Crippen molar-refractivity contribution in [1.82, 2.24) is 9.80 Å². The van der Waals surface area contributed by atoms with Crippen molar-refractivity contribution < 1.29 is 9.53 Å². The van der Waals surface area contributed by atoms with E-state index in [1.54, 1.807) is 0 Å². The molecular weight excluding hydrogens is 336 g/mol. The highest BCUT2D eigenvalue weighted by Crippen LogP contribution is 2.18. The van der Waals surface area contributed by atoms with Gasteiger partial charge in [0.05, 0.1) is 0 Å². The molecule has 4 heteroatoms. The van der Waals surface area contributed by atoms with E-state index in [-0.39, 0.29) is 12.5 Å². The molecule has 0 aromatic heterocycles. The maximum Gasteiger partial charge on any atom is 0.260 e. The Labute approximate surface area is 162 Å². The fraction of sp³-hybridized carbons (Fsp3) is 0.348. The molecule has 2 aromatic carbocycles. The molecule has 1 amide bonds. The number of ether oxygens (including phenoxy) is 1. The quantitative estimate of drug-likeness (QED) is 0.786. The van der Waals surface area contributed by atoms with Gasteiger partial charge in [0.15, 0.2) is 6.61 Å². The lowest BCUT2D eigenvalue weighted by atomic mass is 10.1. The summed E-state index contributed by atoms with van der Waals surface area (Å²) in [6, 6.07) is 16.3. The summed E-state index contributed by atoms with van der Waals surface area (Å²) >= 11 is 0. The molecule has 4 nitrogen and oxygen atoms in total. The topological polar surface area (TPSA) is 32.8 Å². The lowest BCUT2D eigenvalue weighted by Crippen LogP contribution is -2.49. The minimum absolute atomic E-state index is 0.0643. The molecule has 1 fully saturated rings. The lowest BCUT2D eigenvalue weighted by molar-refractivity contribution is -0.135. The summed E-state index contributed by atoms with van der Waals surface area (Å²) < 4.78 is 5.73. The normalized spacial score (nSPS) is 15.3. The Kier molecular flexibility index (Phi) is 6.66. The average molecular weight is 364 g/mol. The third-order valence-electron chi connectivity index (χ3n) is 4.88. The highest BCUT2D eigenvalue weighted by atomic mass is 16.5. The van der Waals surface area contributed by atoms with Gasteiger partial charge in [-0.05, 0) is 31.0 Å². The second-order valence-corrected chi connectivity index (χ2v) is 7.05. The molecule has 1 aliphatic rings. The van der Waals surface area contributed by atoms with E-state index in [2.05, 4.69) is 42.2 Å². The molecule has 0 atom stereocenters. The molecule has 1 saturated heterocycles. The predicted octanol–water partition coefficient (Wildman–Crippen LogP) is 3.54. The van der Waals surface area contributed by atoms with Crippen LogP contribution in [-0.2, 0) is 4.79 Å². The van der Waals surface area contributed by atoms with Gasteiger partial charge in [-0.25, -0.2) is 0 Å². The van der Waals surface area contributed by atoms with E-state index in [1.807, 2.05) is 42.2 Å². The second-order valence-electron chi connectivity index (χ2n) is 7.05. The fourth-order valence-electron chi connectivity index (χ4n) is 3.27. The van der Waals surface area contributed by atoms with Crippen LogP contribution in [0.4, 0.5) is 0 Å². The summed E-state index contributed by atoms with van der Waals surface area (Å²) in [6.45, 7) is 8.39. The SMILES string of the molecule is Cc1ccc(OCC(=O)N2CCN(C/C=C/c3ccccc3)CC2)c(C)c1. The van der Waals surface area contributed by atoms with Crippen molar-refractivity contribution in [2.75, 3.05) is 39.3 Å². The van der Waals surface area contributed by atoms with Crippen LogP contribution in [0.2, 0.25) is 0 Å². The Morgan fingerprint density at radius 2 is 1.78 bits per heavy atom. The molecule has 3 rings (SSSR count). The minimum atomic E-state index is 0.0643. The molecule has 0 bridgehead atoms. The fourth-order valence-corrected chi connectivity index (χ4v) is 3.27. The highest BCUT2D eigenvalue weighted by molar-refractivity contribution is 5.78. The van der Waals surface area contributed by atoms with Crippen LogP contribution in [0.15, 0.2) is 54.6 Å². The van der Waals surface area contributed by atoms with Gasteiger partial charge in [0.25, 0.3) is 5.91 Å². The van der Waals surface area contributed by atoms with E-state index in [0.29, 0.717) is 0 Å². The predicted molar refractivity (Wildman–Crippen MR) is 110 cm³/mol. The number of rotatable bonds is 6. The van der Waals surface area contributed by atoms with E-state index in [0.717, 1.165) is 44.0 Å². The van der Waals surface area contributed by atoms with Gasteiger partial charge in [-0.2, -0.15) is 0 Å². The maximum absolute atomic E-state index is 12.4.